The van der Waals surface area contributed by atoms with Crippen molar-refractivity contribution < 1.29 is 24.3 Å². The van der Waals surface area contributed by atoms with Crippen LogP contribution in [0.2, 0.25) is 0 Å². The minimum Gasteiger partial charge on any atom is -0.507 e. The minimum absolute atomic E-state index is 0.0406. The predicted octanol–water partition coefficient (Wildman–Crippen LogP) is 4.44. The number of carbonyl (C=O) groups excluding carboxylic acids is 4. The number of hydrogen-bond donors (Lipinski definition) is 1. The Kier molecular flexibility index (Phi) is 6.27. The highest BCUT2D eigenvalue weighted by Crippen LogP contribution is 2.66. The van der Waals surface area contributed by atoms with Crippen LogP contribution in [0.3, 0.4) is 0 Å². The molecule has 6 rings (SSSR count). The lowest BCUT2D eigenvalue weighted by Gasteiger charge is -2.51. The third-order valence-corrected chi connectivity index (χ3v) is 11.2. The van der Waals surface area contributed by atoms with E-state index < -0.39 is 45.2 Å². The van der Waals surface area contributed by atoms with E-state index in [4.69, 9.17) is 23.2 Å². The van der Waals surface area contributed by atoms with Crippen LogP contribution >= 0.6 is 23.2 Å². The van der Waals surface area contributed by atoms with Gasteiger partial charge >= 0.3 is 0 Å². The molecule has 1 aromatic carbocycles. The fourth-order valence-electron chi connectivity index (χ4n) is 7.98. The van der Waals surface area contributed by atoms with Gasteiger partial charge < -0.3 is 5.11 Å². The number of fused-ring (bicyclic) bond motifs is 4. The Morgan fingerprint density at radius 3 is 2.46 bits per heavy atom. The molecule has 2 saturated heterocycles. The Bertz CT molecular complexity index is 1340. The van der Waals surface area contributed by atoms with Gasteiger partial charge in [-0.3, -0.25) is 29.0 Å². The van der Waals surface area contributed by atoms with Gasteiger partial charge in [-0.1, -0.05) is 55.2 Å². The molecular weight excluding hydrogens is 539 g/mol. The topological polar surface area (TPSA) is 95.0 Å². The lowest BCUT2D eigenvalue weighted by Crippen LogP contribution is -2.60. The van der Waals surface area contributed by atoms with Gasteiger partial charge in [-0.2, -0.15) is 0 Å². The minimum atomic E-state index is -1.91. The van der Waals surface area contributed by atoms with E-state index in [0.29, 0.717) is 29.5 Å². The molecule has 1 N–H and O–H groups in total. The van der Waals surface area contributed by atoms with Crippen LogP contribution in [0.15, 0.2) is 42.5 Å². The van der Waals surface area contributed by atoms with Crippen LogP contribution in [0.25, 0.3) is 0 Å². The summed E-state index contributed by atoms with van der Waals surface area (Å²) in [4.78, 5) is 53.6. The summed E-state index contributed by atoms with van der Waals surface area (Å²) in [6.07, 6.45) is 8.90. The highest BCUT2D eigenvalue weighted by molar-refractivity contribution is 6.53. The summed E-state index contributed by atoms with van der Waals surface area (Å²) in [5.41, 5.74) is 1.66. The Hall–Kier alpha value is -2.64. The van der Waals surface area contributed by atoms with Crippen molar-refractivity contribution in [1.82, 2.24) is 9.80 Å². The third-order valence-electron chi connectivity index (χ3n) is 9.81. The highest BCUT2D eigenvalue weighted by atomic mass is 35.5. The number of allylic oxidation sites excluding steroid dienone is 3. The summed E-state index contributed by atoms with van der Waals surface area (Å²) in [6, 6.07) is 5.11. The van der Waals surface area contributed by atoms with Gasteiger partial charge in [0.25, 0.3) is 11.8 Å². The molecule has 0 radical (unpaired) electrons. The molecule has 39 heavy (non-hydrogen) atoms. The van der Waals surface area contributed by atoms with Crippen molar-refractivity contribution in [1.29, 1.82) is 0 Å². The van der Waals surface area contributed by atoms with Gasteiger partial charge in [-0.05, 0) is 43.6 Å². The van der Waals surface area contributed by atoms with E-state index in [1.165, 1.54) is 11.9 Å². The molecule has 2 saturated carbocycles. The number of rotatable bonds is 4. The first-order valence-corrected chi connectivity index (χ1v) is 14.5. The number of phenols is 1. The number of aromatic hydroxyl groups is 1. The summed E-state index contributed by atoms with van der Waals surface area (Å²) in [5, 5.41) is 11.4. The fourth-order valence-corrected chi connectivity index (χ4v) is 8.99. The van der Waals surface area contributed by atoms with Crippen molar-refractivity contribution >= 4 is 46.8 Å². The maximum absolute atomic E-state index is 14.0. The number of phenolic OH excluding ortho intramolecular Hbond substituents is 1. The number of carbonyl (C=O) groups is 4. The monoisotopic (exact) mass is 570 g/mol. The maximum atomic E-state index is 14.0. The van der Waals surface area contributed by atoms with Gasteiger partial charge in [0.1, 0.15) is 5.75 Å². The second-order valence-corrected chi connectivity index (χ2v) is 12.9. The molecule has 5 aliphatic rings. The van der Waals surface area contributed by atoms with Crippen molar-refractivity contribution in [2.75, 3.05) is 7.05 Å². The summed E-state index contributed by atoms with van der Waals surface area (Å²) < 4.78 is 0. The molecule has 2 aliphatic heterocycles. The van der Waals surface area contributed by atoms with Crippen LogP contribution in [0, 0.1) is 17.8 Å². The van der Waals surface area contributed by atoms with E-state index in [1.54, 1.807) is 24.3 Å². The van der Waals surface area contributed by atoms with E-state index in [-0.39, 0.29) is 30.0 Å². The normalized spacial score (nSPS) is 36.5. The molecule has 4 fully saturated rings. The molecule has 3 aliphatic carbocycles. The molecule has 7 nitrogen and oxygen atoms in total. The predicted molar refractivity (Wildman–Crippen MR) is 146 cm³/mol. The maximum Gasteiger partial charge on any atom is 0.253 e. The van der Waals surface area contributed by atoms with E-state index >= 15 is 0 Å². The van der Waals surface area contributed by atoms with Crippen molar-refractivity contribution in [3.05, 3.63) is 53.6 Å². The zero-order valence-corrected chi connectivity index (χ0v) is 23.4. The average molecular weight is 572 g/mol. The van der Waals surface area contributed by atoms with E-state index in [2.05, 4.69) is 6.58 Å². The number of para-hydroxylation sites is 1. The van der Waals surface area contributed by atoms with Crippen LogP contribution < -0.4 is 0 Å². The second kappa shape index (κ2) is 9.20. The molecule has 4 amide bonds. The molecule has 2 heterocycles. The average Bonchev–Trinajstić information content (AvgIpc) is 3.26. The zero-order chi connectivity index (χ0) is 27.9. The van der Waals surface area contributed by atoms with E-state index in [1.807, 2.05) is 6.08 Å². The van der Waals surface area contributed by atoms with Crippen LogP contribution in [-0.2, 0) is 25.6 Å². The second-order valence-electron chi connectivity index (χ2n) is 11.7. The van der Waals surface area contributed by atoms with E-state index in [0.717, 1.165) is 37.0 Å². The Morgan fingerprint density at radius 2 is 1.77 bits per heavy atom. The van der Waals surface area contributed by atoms with Gasteiger partial charge in [-0.25, -0.2) is 0 Å². The van der Waals surface area contributed by atoms with Crippen LogP contribution in [-0.4, -0.2) is 61.4 Å². The SMILES string of the molecule is C=CCc1cccc([C@H]2C3=CC[C@@H]4C(=O)N(C5CCCCC5)C(=O)[C@@H]4[C@@H]3C[C@@]3(Cl)C(=O)N(C)C(=O)[C@@]23Cl)c1O. The van der Waals surface area contributed by atoms with Crippen molar-refractivity contribution in [2.24, 2.45) is 17.8 Å². The van der Waals surface area contributed by atoms with Crippen molar-refractivity contribution in [2.45, 2.75) is 73.1 Å². The number of amides is 4. The van der Waals surface area contributed by atoms with Gasteiger partial charge in [0, 0.05) is 24.6 Å². The number of alkyl halides is 2. The fraction of sp³-hybridized carbons (Fsp3) is 0.533. The number of nitrogens with zero attached hydrogens (tertiary/aromatic N) is 2. The smallest absolute Gasteiger partial charge is 0.253 e. The third kappa shape index (κ3) is 3.41. The van der Waals surface area contributed by atoms with E-state index in [9.17, 15) is 24.3 Å². The number of likely N-dealkylation sites (tertiary alicyclic amines) is 2. The molecule has 0 unspecified atom stereocenters. The Morgan fingerprint density at radius 1 is 1.05 bits per heavy atom. The van der Waals surface area contributed by atoms with Crippen molar-refractivity contribution in [3.8, 4) is 5.75 Å². The quantitative estimate of drug-likeness (QED) is 0.328. The number of benzene rings is 1. The largest absolute Gasteiger partial charge is 0.507 e. The summed E-state index contributed by atoms with van der Waals surface area (Å²) in [6.45, 7) is 3.76. The highest BCUT2D eigenvalue weighted by Gasteiger charge is 2.76. The summed E-state index contributed by atoms with van der Waals surface area (Å²) >= 11 is 14.4. The lowest BCUT2D eigenvalue weighted by atomic mass is 9.56. The zero-order valence-electron chi connectivity index (χ0n) is 21.9. The van der Waals surface area contributed by atoms with Crippen LogP contribution in [0.4, 0.5) is 0 Å². The molecule has 0 bridgehead atoms. The Balaban J connectivity index is 1.51. The van der Waals surface area contributed by atoms with Gasteiger partial charge in [0.2, 0.25) is 11.8 Å². The van der Waals surface area contributed by atoms with Gasteiger partial charge in [0.15, 0.2) is 9.75 Å². The lowest BCUT2D eigenvalue weighted by molar-refractivity contribution is -0.144. The summed E-state index contributed by atoms with van der Waals surface area (Å²) in [7, 11) is 1.36. The number of imide groups is 2. The molecule has 9 heteroatoms. The van der Waals surface area contributed by atoms with Crippen LogP contribution in [0.1, 0.15) is 62.0 Å². The molecule has 6 atom stereocenters. The standard InChI is InChI=1S/C30H32Cl2N2O5/c1-3-8-16-9-7-12-20(24(16)35)23-18-13-14-19-22(26(37)34(25(19)36)17-10-5-4-6-11-17)21(18)15-29(31)27(38)33(2)28(39)30(23,29)32/h3,7,9,12-13,17,19,21-23,35H,1,4-6,8,10-11,14-15H2,2H3/t19-,21+,22-,23+,29+,30-/m0/s1. The first-order chi connectivity index (χ1) is 18.6. The molecular formula is C30H32Cl2N2O5. The molecule has 0 spiro atoms. The molecule has 206 valence electrons. The van der Waals surface area contributed by atoms with Gasteiger partial charge in [0.05, 0.1) is 11.8 Å². The first kappa shape index (κ1) is 26.6. The first-order valence-electron chi connectivity index (χ1n) is 13.8. The molecule has 0 aromatic heterocycles. The Labute approximate surface area is 237 Å². The summed E-state index contributed by atoms with van der Waals surface area (Å²) in [5.74, 6) is -4.45. The van der Waals surface area contributed by atoms with Crippen LogP contribution in [0.5, 0.6) is 5.75 Å². The van der Waals surface area contributed by atoms with Gasteiger partial charge in [-0.15, -0.1) is 29.8 Å². The molecule has 1 aromatic rings. The number of halogens is 2. The van der Waals surface area contributed by atoms with Crippen molar-refractivity contribution in [3.63, 3.8) is 0 Å². The number of hydrogen-bond acceptors (Lipinski definition) is 5.